The van der Waals surface area contributed by atoms with Crippen LogP contribution < -0.4 is 10.1 Å². The van der Waals surface area contributed by atoms with E-state index < -0.39 is 5.82 Å². The quantitative estimate of drug-likeness (QED) is 0.733. The second kappa shape index (κ2) is 3.47. The van der Waals surface area contributed by atoms with E-state index >= 15 is 0 Å². The Labute approximate surface area is 79.9 Å². The van der Waals surface area contributed by atoms with Gasteiger partial charge in [-0.1, -0.05) is 11.6 Å². The highest BCUT2D eigenvalue weighted by Crippen LogP contribution is 2.21. The Morgan fingerprint density at radius 3 is 3.00 bits per heavy atom. The topological polar surface area (TPSA) is 34.1 Å². The Morgan fingerprint density at radius 1 is 1.62 bits per heavy atom. The van der Waals surface area contributed by atoms with Crippen LogP contribution in [0, 0.1) is 5.82 Å². The molecule has 0 radical (unpaired) electrons. The molecular formula is C8H8ClFN2O. The molecule has 1 aliphatic rings. The summed E-state index contributed by atoms with van der Waals surface area (Å²) in [4.78, 5) is 3.59. The molecule has 0 saturated carbocycles. The lowest BCUT2D eigenvalue weighted by atomic mass is 10.2. The summed E-state index contributed by atoms with van der Waals surface area (Å²) in [5.74, 6) is -0.303. The smallest absolute Gasteiger partial charge is 0.183 e. The lowest BCUT2D eigenvalue weighted by Crippen LogP contribution is -2.50. The second-order valence-corrected chi connectivity index (χ2v) is 3.22. The van der Waals surface area contributed by atoms with E-state index in [1.54, 1.807) is 0 Å². The van der Waals surface area contributed by atoms with Gasteiger partial charge in [0.15, 0.2) is 11.6 Å². The van der Waals surface area contributed by atoms with Crippen LogP contribution in [0.25, 0.3) is 0 Å². The van der Waals surface area contributed by atoms with Gasteiger partial charge in [0.1, 0.15) is 11.3 Å². The van der Waals surface area contributed by atoms with Gasteiger partial charge < -0.3 is 10.1 Å². The summed E-state index contributed by atoms with van der Waals surface area (Å²) in [6.07, 6.45) is 1.11. The number of nitrogens with zero attached hydrogens (tertiary/aromatic N) is 1. The van der Waals surface area contributed by atoms with Crippen LogP contribution in [0.3, 0.4) is 0 Å². The van der Waals surface area contributed by atoms with Gasteiger partial charge in [0.25, 0.3) is 0 Å². The number of hydrogen-bond acceptors (Lipinski definition) is 3. The zero-order valence-corrected chi connectivity index (χ0v) is 7.51. The first-order chi connectivity index (χ1) is 6.25. The van der Waals surface area contributed by atoms with Gasteiger partial charge in [-0.3, -0.25) is 0 Å². The summed E-state index contributed by atoms with van der Waals surface area (Å²) < 4.78 is 18.3. The van der Waals surface area contributed by atoms with Crippen LogP contribution in [0.4, 0.5) is 4.39 Å². The molecule has 1 aromatic rings. The van der Waals surface area contributed by atoms with Crippen LogP contribution in [-0.4, -0.2) is 24.2 Å². The monoisotopic (exact) mass is 202 g/mol. The molecule has 1 N–H and O–H groups in total. The molecule has 0 amide bonds. The molecule has 70 valence electrons. The molecule has 3 nitrogen and oxygen atoms in total. The third kappa shape index (κ3) is 1.89. The molecule has 2 heterocycles. The van der Waals surface area contributed by atoms with Crippen molar-refractivity contribution in [3.05, 3.63) is 23.2 Å². The summed E-state index contributed by atoms with van der Waals surface area (Å²) in [7, 11) is 0. The maximum absolute atomic E-state index is 13.0. The van der Waals surface area contributed by atoms with E-state index in [1.165, 1.54) is 6.07 Å². The van der Waals surface area contributed by atoms with Crippen LogP contribution in [0.2, 0.25) is 5.15 Å². The fourth-order valence-electron chi connectivity index (χ4n) is 1.01. The van der Waals surface area contributed by atoms with Crippen LogP contribution in [-0.2, 0) is 0 Å². The second-order valence-electron chi connectivity index (χ2n) is 2.84. The van der Waals surface area contributed by atoms with E-state index in [4.69, 9.17) is 16.3 Å². The molecule has 13 heavy (non-hydrogen) atoms. The highest BCUT2D eigenvalue weighted by molar-refractivity contribution is 6.29. The molecule has 0 bridgehead atoms. The summed E-state index contributed by atoms with van der Waals surface area (Å²) >= 11 is 5.59. The van der Waals surface area contributed by atoms with Gasteiger partial charge in [0.2, 0.25) is 0 Å². The van der Waals surface area contributed by atoms with Crippen molar-refractivity contribution >= 4 is 11.6 Å². The number of nitrogens with one attached hydrogen (secondary N) is 1. The standard InChI is InChI=1S/C8H8ClFN2O/c9-8-1-7(6(10)4-12-8)13-5-2-11-3-5/h1,4-5,11H,2-3H2. The van der Waals surface area contributed by atoms with Crippen molar-refractivity contribution in [1.29, 1.82) is 0 Å². The predicted octanol–water partition coefficient (Wildman–Crippen LogP) is 1.22. The van der Waals surface area contributed by atoms with Crippen LogP contribution in [0.15, 0.2) is 12.3 Å². The highest BCUT2D eigenvalue weighted by Gasteiger charge is 2.20. The third-order valence-corrected chi connectivity index (χ3v) is 2.03. The molecule has 0 aliphatic carbocycles. The molecule has 5 heteroatoms. The van der Waals surface area contributed by atoms with E-state index in [-0.39, 0.29) is 17.0 Å². The fourth-order valence-corrected chi connectivity index (χ4v) is 1.16. The molecule has 1 saturated heterocycles. The van der Waals surface area contributed by atoms with Crippen molar-refractivity contribution in [3.63, 3.8) is 0 Å². The van der Waals surface area contributed by atoms with E-state index in [9.17, 15) is 4.39 Å². The van der Waals surface area contributed by atoms with Crippen molar-refractivity contribution in [2.24, 2.45) is 0 Å². The minimum Gasteiger partial charge on any atom is -0.485 e. The number of hydrogen-bond donors (Lipinski definition) is 1. The maximum Gasteiger partial charge on any atom is 0.183 e. The van der Waals surface area contributed by atoms with Crippen LogP contribution in [0.5, 0.6) is 5.75 Å². The number of pyridine rings is 1. The third-order valence-electron chi connectivity index (χ3n) is 1.82. The summed E-state index contributed by atoms with van der Waals surface area (Å²) in [6, 6.07) is 1.38. The average molecular weight is 203 g/mol. The summed E-state index contributed by atoms with van der Waals surface area (Å²) in [6.45, 7) is 1.50. The van der Waals surface area contributed by atoms with Gasteiger partial charge >= 0.3 is 0 Å². The van der Waals surface area contributed by atoms with Crippen molar-refractivity contribution in [3.8, 4) is 5.75 Å². The van der Waals surface area contributed by atoms with Gasteiger partial charge in [0, 0.05) is 19.2 Å². The normalized spacial score (nSPS) is 16.8. The van der Waals surface area contributed by atoms with Crippen molar-refractivity contribution in [1.82, 2.24) is 10.3 Å². The first-order valence-electron chi connectivity index (χ1n) is 3.94. The molecular weight excluding hydrogens is 195 g/mol. The molecule has 2 rings (SSSR count). The minimum absolute atomic E-state index is 0.0490. The Hall–Kier alpha value is -0.870. The first-order valence-corrected chi connectivity index (χ1v) is 4.32. The van der Waals surface area contributed by atoms with Gasteiger partial charge in [-0.25, -0.2) is 9.37 Å². The predicted molar refractivity (Wildman–Crippen MR) is 46.5 cm³/mol. The van der Waals surface area contributed by atoms with Gasteiger partial charge in [-0.15, -0.1) is 0 Å². The van der Waals surface area contributed by atoms with Crippen molar-refractivity contribution in [2.45, 2.75) is 6.10 Å². The maximum atomic E-state index is 13.0. The Morgan fingerprint density at radius 2 is 2.38 bits per heavy atom. The minimum atomic E-state index is -0.476. The van der Waals surface area contributed by atoms with Crippen LogP contribution in [0.1, 0.15) is 0 Å². The van der Waals surface area contributed by atoms with E-state index in [1.807, 2.05) is 0 Å². The average Bonchev–Trinajstić information content (AvgIpc) is 2.03. The van der Waals surface area contributed by atoms with Crippen molar-refractivity contribution < 1.29 is 9.13 Å². The molecule has 0 atom stereocenters. The molecule has 0 unspecified atom stereocenters. The van der Waals surface area contributed by atoms with Crippen LogP contribution >= 0.6 is 11.6 Å². The largest absolute Gasteiger partial charge is 0.485 e. The lowest BCUT2D eigenvalue weighted by Gasteiger charge is -2.27. The molecule has 1 aliphatic heterocycles. The Kier molecular flexibility index (Phi) is 2.33. The molecule has 1 fully saturated rings. The highest BCUT2D eigenvalue weighted by atomic mass is 35.5. The lowest BCUT2D eigenvalue weighted by molar-refractivity contribution is 0.136. The van der Waals surface area contributed by atoms with Gasteiger partial charge in [-0.05, 0) is 0 Å². The fraction of sp³-hybridized carbons (Fsp3) is 0.375. The molecule has 0 spiro atoms. The number of halogens is 2. The summed E-state index contributed by atoms with van der Waals surface area (Å²) in [5.41, 5.74) is 0. The molecule has 1 aromatic heterocycles. The first kappa shape index (κ1) is 8.72. The SMILES string of the molecule is Fc1cnc(Cl)cc1OC1CNC1. The molecule has 0 aromatic carbocycles. The zero-order chi connectivity index (χ0) is 9.26. The van der Waals surface area contributed by atoms with Gasteiger partial charge in [-0.2, -0.15) is 0 Å². The summed E-state index contributed by atoms with van der Waals surface area (Å²) in [5, 5.41) is 3.26. The zero-order valence-electron chi connectivity index (χ0n) is 6.76. The van der Waals surface area contributed by atoms with Crippen molar-refractivity contribution in [2.75, 3.05) is 13.1 Å². The Bertz CT molecular complexity index is 317. The van der Waals surface area contributed by atoms with E-state index in [0.717, 1.165) is 19.3 Å². The number of rotatable bonds is 2. The number of aromatic nitrogens is 1. The van der Waals surface area contributed by atoms with E-state index in [2.05, 4.69) is 10.3 Å². The number of ether oxygens (including phenoxy) is 1. The van der Waals surface area contributed by atoms with Gasteiger partial charge in [0.05, 0.1) is 6.20 Å². The Balaban J connectivity index is 2.13. The van der Waals surface area contributed by atoms with E-state index in [0.29, 0.717) is 0 Å².